The Hall–Kier alpha value is -2.04. The van der Waals surface area contributed by atoms with Crippen molar-refractivity contribution >= 4 is 11.9 Å². The summed E-state index contributed by atoms with van der Waals surface area (Å²) < 4.78 is 17.9. The second-order valence-corrected chi connectivity index (χ2v) is 16.2. The van der Waals surface area contributed by atoms with Gasteiger partial charge in [-0.2, -0.15) is 0 Å². The Balaban J connectivity index is 1.99. The van der Waals surface area contributed by atoms with Gasteiger partial charge in [-0.25, -0.2) is 0 Å². The van der Waals surface area contributed by atoms with E-state index in [-0.39, 0.29) is 17.5 Å². The van der Waals surface area contributed by atoms with Crippen molar-refractivity contribution in [3.8, 4) is 11.5 Å². The van der Waals surface area contributed by atoms with E-state index in [9.17, 15) is 9.59 Å². The minimum Gasteiger partial charge on any atom is -0.487 e. The topological polar surface area (TPSA) is 61.8 Å². The van der Waals surface area contributed by atoms with Crippen LogP contribution in [-0.4, -0.2) is 24.6 Å². The van der Waals surface area contributed by atoms with Crippen molar-refractivity contribution in [2.24, 2.45) is 28.6 Å². The summed E-state index contributed by atoms with van der Waals surface area (Å²) in [6, 6.07) is 0. The lowest BCUT2D eigenvalue weighted by Gasteiger charge is -2.38. The summed E-state index contributed by atoms with van der Waals surface area (Å²) in [7, 11) is 1.38. The van der Waals surface area contributed by atoms with Gasteiger partial charge in [0.2, 0.25) is 0 Å². The monoisotopic (exact) mass is 614 g/mol. The number of hydrogen-bond acceptors (Lipinski definition) is 5. The van der Waals surface area contributed by atoms with Gasteiger partial charge < -0.3 is 14.2 Å². The summed E-state index contributed by atoms with van der Waals surface area (Å²) in [4.78, 5) is 25.7. The van der Waals surface area contributed by atoms with Crippen molar-refractivity contribution < 1.29 is 23.8 Å². The molecule has 0 amide bonds. The van der Waals surface area contributed by atoms with E-state index in [1.54, 1.807) is 13.8 Å². The maximum absolute atomic E-state index is 13.4. The fourth-order valence-electron chi connectivity index (χ4n) is 7.17. The lowest BCUT2D eigenvalue weighted by atomic mass is 9.75. The van der Waals surface area contributed by atoms with Crippen LogP contribution >= 0.6 is 0 Å². The smallest absolute Gasteiger partial charge is 0.316 e. The van der Waals surface area contributed by atoms with Crippen LogP contribution in [0.2, 0.25) is 0 Å². The molecule has 0 saturated heterocycles. The zero-order chi connectivity index (χ0) is 33.5. The molecule has 5 nitrogen and oxygen atoms in total. The first-order valence-electron chi connectivity index (χ1n) is 17.5. The molecule has 0 bridgehead atoms. The van der Waals surface area contributed by atoms with Crippen molar-refractivity contribution in [1.29, 1.82) is 0 Å². The number of methoxy groups -OCH3 is 1. The van der Waals surface area contributed by atoms with Crippen molar-refractivity contribution in [2.45, 2.75) is 166 Å². The molecule has 0 fully saturated rings. The molecule has 1 heterocycles. The lowest BCUT2D eigenvalue weighted by molar-refractivity contribution is -0.155. The Labute approximate surface area is 270 Å². The zero-order valence-electron chi connectivity index (χ0n) is 30.8. The highest BCUT2D eigenvalue weighted by Gasteiger charge is 2.42. The van der Waals surface area contributed by atoms with Crippen LogP contribution in [0, 0.1) is 49.4 Å². The van der Waals surface area contributed by atoms with E-state index >= 15 is 0 Å². The minimum absolute atomic E-state index is 0.180. The predicted octanol–water partition coefficient (Wildman–Crippen LogP) is 10.7. The summed E-state index contributed by atoms with van der Waals surface area (Å²) in [5.74, 6) is 3.36. The molecule has 0 spiro atoms. The number of benzene rings is 1. The van der Waals surface area contributed by atoms with Crippen molar-refractivity contribution in [3.05, 3.63) is 22.3 Å². The summed E-state index contributed by atoms with van der Waals surface area (Å²) in [5.41, 5.74) is 2.27. The van der Waals surface area contributed by atoms with Crippen LogP contribution in [-0.2, 0) is 20.7 Å². The molecule has 1 aromatic rings. The fourth-order valence-corrected chi connectivity index (χ4v) is 7.17. The van der Waals surface area contributed by atoms with Gasteiger partial charge in [0, 0.05) is 5.56 Å². The maximum Gasteiger partial charge on any atom is 0.316 e. The molecule has 1 aromatic carbocycles. The molecular formula is C39H66O5. The number of esters is 2. The van der Waals surface area contributed by atoms with Gasteiger partial charge in [0.25, 0.3) is 0 Å². The third-order valence-electron chi connectivity index (χ3n) is 10.2. The Morgan fingerprint density at radius 1 is 0.795 bits per heavy atom. The number of rotatable bonds is 17. The SMILES string of the molecule is COC(=O)C(C)(C)CC(C)(C)C(=O)Oc1c(C)c(C)c2c(c1C)CC[C@@](C)(CCC[C@H](C)CCCC(C)CCCC(C)C)O2. The van der Waals surface area contributed by atoms with E-state index in [1.165, 1.54) is 58.5 Å². The molecule has 1 aliphatic rings. The van der Waals surface area contributed by atoms with Gasteiger partial charge in [-0.3, -0.25) is 9.59 Å². The minimum atomic E-state index is -0.863. The number of carbonyl (C=O) groups excluding carboxylic acids is 2. The molecule has 0 aromatic heterocycles. The van der Waals surface area contributed by atoms with Crippen molar-refractivity contribution in [1.82, 2.24) is 0 Å². The first-order valence-corrected chi connectivity index (χ1v) is 17.5. The average molecular weight is 615 g/mol. The second kappa shape index (κ2) is 16.0. The maximum atomic E-state index is 13.4. The molecule has 0 aliphatic carbocycles. The highest BCUT2D eigenvalue weighted by Crippen LogP contribution is 2.46. The first kappa shape index (κ1) is 38.1. The van der Waals surface area contributed by atoms with E-state index in [0.717, 1.165) is 65.0 Å². The standard InChI is InChI=1S/C39H66O5/c1-26(2)17-14-18-27(3)19-15-20-28(4)21-16-23-39(12)24-22-32-31(7)33(29(5)30(6)34(32)44-39)43-36(41)38(10,11)25-37(8,9)35(40)42-13/h26-28H,14-25H2,1-13H3/t27?,28-,39-/m1/s1. The summed E-state index contributed by atoms with van der Waals surface area (Å²) in [6.45, 7) is 25.2. The lowest BCUT2D eigenvalue weighted by Crippen LogP contribution is -2.38. The Kier molecular flexibility index (Phi) is 13.9. The molecule has 0 saturated carbocycles. The van der Waals surface area contributed by atoms with Crippen LogP contribution in [0.5, 0.6) is 11.5 Å². The van der Waals surface area contributed by atoms with Crippen LogP contribution < -0.4 is 9.47 Å². The number of ether oxygens (including phenoxy) is 3. The Morgan fingerprint density at radius 3 is 1.86 bits per heavy atom. The highest BCUT2D eigenvalue weighted by atomic mass is 16.5. The van der Waals surface area contributed by atoms with Gasteiger partial charge in [0.15, 0.2) is 0 Å². The quantitative estimate of drug-likeness (QED) is 0.129. The molecule has 252 valence electrons. The zero-order valence-corrected chi connectivity index (χ0v) is 30.8. The third-order valence-corrected chi connectivity index (χ3v) is 10.2. The molecule has 3 atom stereocenters. The second-order valence-electron chi connectivity index (χ2n) is 16.2. The average Bonchev–Trinajstić information content (AvgIpc) is 2.92. The van der Waals surface area contributed by atoms with Gasteiger partial charge in [0.05, 0.1) is 17.9 Å². The molecule has 2 rings (SSSR count). The third kappa shape index (κ3) is 10.5. The molecule has 1 unspecified atom stereocenters. The largest absolute Gasteiger partial charge is 0.487 e. The molecule has 0 N–H and O–H groups in total. The van der Waals surface area contributed by atoms with Crippen LogP contribution in [0.25, 0.3) is 0 Å². The van der Waals surface area contributed by atoms with Crippen LogP contribution in [0.4, 0.5) is 0 Å². The van der Waals surface area contributed by atoms with Gasteiger partial charge >= 0.3 is 11.9 Å². The van der Waals surface area contributed by atoms with Gasteiger partial charge in [-0.15, -0.1) is 0 Å². The highest BCUT2D eigenvalue weighted by molar-refractivity contribution is 5.82. The Bertz CT molecular complexity index is 1110. The van der Waals surface area contributed by atoms with Gasteiger partial charge in [-0.05, 0) is 122 Å². The Morgan fingerprint density at radius 2 is 1.32 bits per heavy atom. The summed E-state index contributed by atoms with van der Waals surface area (Å²) in [6.07, 6.45) is 13.8. The van der Waals surface area contributed by atoms with Crippen LogP contribution in [0.15, 0.2) is 0 Å². The van der Waals surface area contributed by atoms with Crippen LogP contribution in [0.3, 0.4) is 0 Å². The number of carbonyl (C=O) groups is 2. The predicted molar refractivity (Wildman–Crippen MR) is 183 cm³/mol. The van der Waals surface area contributed by atoms with Crippen LogP contribution in [0.1, 0.15) is 155 Å². The van der Waals surface area contributed by atoms with Crippen molar-refractivity contribution in [2.75, 3.05) is 7.11 Å². The van der Waals surface area contributed by atoms with E-state index in [2.05, 4.69) is 41.5 Å². The normalized spacial score (nSPS) is 18.4. The number of hydrogen-bond donors (Lipinski definition) is 0. The van der Waals surface area contributed by atoms with E-state index in [0.29, 0.717) is 12.2 Å². The summed E-state index contributed by atoms with van der Waals surface area (Å²) >= 11 is 0. The number of fused-ring (bicyclic) bond motifs is 1. The molecule has 0 radical (unpaired) electrons. The molecule has 44 heavy (non-hydrogen) atoms. The van der Waals surface area contributed by atoms with E-state index in [4.69, 9.17) is 14.2 Å². The molecule has 5 heteroatoms. The summed E-state index contributed by atoms with van der Waals surface area (Å²) in [5, 5.41) is 0. The fraction of sp³-hybridized carbons (Fsp3) is 0.795. The van der Waals surface area contributed by atoms with Crippen molar-refractivity contribution in [3.63, 3.8) is 0 Å². The van der Waals surface area contributed by atoms with E-state index in [1.807, 2.05) is 27.7 Å². The molecule has 1 aliphatic heterocycles. The van der Waals surface area contributed by atoms with E-state index < -0.39 is 10.8 Å². The van der Waals surface area contributed by atoms with Gasteiger partial charge in [0.1, 0.15) is 17.1 Å². The molecular weight excluding hydrogens is 548 g/mol. The first-order chi connectivity index (χ1) is 20.3. The van der Waals surface area contributed by atoms with Gasteiger partial charge in [-0.1, -0.05) is 72.6 Å².